The summed E-state index contributed by atoms with van der Waals surface area (Å²) in [6, 6.07) is 0. The molecule has 0 spiro atoms. The lowest BCUT2D eigenvalue weighted by atomic mass is 9.67. The van der Waals surface area contributed by atoms with Gasteiger partial charge in [0.1, 0.15) is 5.78 Å². The summed E-state index contributed by atoms with van der Waals surface area (Å²) in [5.41, 5.74) is 0. The molecular formula is C14H24O. The van der Waals surface area contributed by atoms with E-state index < -0.39 is 0 Å². The summed E-state index contributed by atoms with van der Waals surface area (Å²) in [5, 5.41) is 0. The van der Waals surface area contributed by atoms with E-state index in [0.717, 1.165) is 42.9 Å². The number of hydrogen-bond donors (Lipinski definition) is 0. The second-order valence-corrected chi connectivity index (χ2v) is 5.94. The summed E-state index contributed by atoms with van der Waals surface area (Å²) in [6.45, 7) is 4.72. The third-order valence-corrected chi connectivity index (χ3v) is 4.74. The Morgan fingerprint density at radius 2 is 1.67 bits per heavy atom. The highest BCUT2D eigenvalue weighted by atomic mass is 16.1. The monoisotopic (exact) mass is 208 g/mol. The number of ketones is 1. The van der Waals surface area contributed by atoms with Crippen molar-refractivity contribution in [2.75, 3.05) is 0 Å². The first-order chi connectivity index (χ1) is 7.16. The van der Waals surface area contributed by atoms with Crippen LogP contribution in [0.1, 0.15) is 58.8 Å². The normalized spacial score (nSPS) is 42.9. The molecule has 86 valence electrons. The highest BCUT2D eigenvalue weighted by Crippen LogP contribution is 2.41. The van der Waals surface area contributed by atoms with Gasteiger partial charge in [0.05, 0.1) is 0 Å². The predicted octanol–water partition coefficient (Wildman–Crippen LogP) is 3.82. The van der Waals surface area contributed by atoms with Crippen LogP contribution in [-0.4, -0.2) is 5.78 Å². The van der Waals surface area contributed by atoms with Crippen LogP contribution in [0.5, 0.6) is 0 Å². The van der Waals surface area contributed by atoms with Crippen LogP contribution in [0.2, 0.25) is 0 Å². The first-order valence-corrected chi connectivity index (χ1v) is 6.68. The second kappa shape index (κ2) is 4.67. The van der Waals surface area contributed by atoms with Crippen LogP contribution in [0.4, 0.5) is 0 Å². The maximum absolute atomic E-state index is 11.5. The Hall–Kier alpha value is -0.330. The summed E-state index contributed by atoms with van der Waals surface area (Å²) in [6.07, 6.45) is 8.42. The minimum absolute atomic E-state index is 0.525. The number of rotatable bonds is 1. The number of Topliss-reactive ketones (excluding diaryl/α,β-unsaturated/α-hetero) is 1. The van der Waals surface area contributed by atoms with Crippen LogP contribution < -0.4 is 0 Å². The molecule has 0 aliphatic heterocycles. The minimum atomic E-state index is 0.525. The van der Waals surface area contributed by atoms with Gasteiger partial charge < -0.3 is 0 Å². The largest absolute Gasteiger partial charge is 0.300 e. The fourth-order valence-corrected chi connectivity index (χ4v) is 3.51. The van der Waals surface area contributed by atoms with Crippen molar-refractivity contribution in [3.8, 4) is 0 Å². The minimum Gasteiger partial charge on any atom is -0.300 e. The maximum Gasteiger partial charge on any atom is 0.133 e. The molecule has 2 aliphatic rings. The Labute approximate surface area is 93.6 Å². The van der Waals surface area contributed by atoms with E-state index in [1.807, 2.05) is 0 Å². The molecule has 2 saturated carbocycles. The van der Waals surface area contributed by atoms with Crippen molar-refractivity contribution in [3.05, 3.63) is 0 Å². The third-order valence-electron chi connectivity index (χ3n) is 4.74. The van der Waals surface area contributed by atoms with E-state index in [9.17, 15) is 4.79 Å². The zero-order valence-electron chi connectivity index (χ0n) is 10.2. The smallest absolute Gasteiger partial charge is 0.133 e. The van der Waals surface area contributed by atoms with Crippen LogP contribution in [-0.2, 0) is 4.79 Å². The van der Waals surface area contributed by atoms with Gasteiger partial charge in [0.2, 0.25) is 0 Å². The van der Waals surface area contributed by atoms with Crippen molar-refractivity contribution in [2.45, 2.75) is 58.8 Å². The maximum atomic E-state index is 11.5. The highest BCUT2D eigenvalue weighted by Gasteiger charge is 2.33. The molecule has 0 aromatic carbocycles. The first-order valence-electron chi connectivity index (χ1n) is 6.68. The van der Waals surface area contributed by atoms with Crippen LogP contribution in [0.15, 0.2) is 0 Å². The quantitative estimate of drug-likeness (QED) is 0.640. The van der Waals surface area contributed by atoms with Crippen LogP contribution in [0.3, 0.4) is 0 Å². The van der Waals surface area contributed by atoms with Crippen molar-refractivity contribution in [1.29, 1.82) is 0 Å². The van der Waals surface area contributed by atoms with Gasteiger partial charge in [0.15, 0.2) is 0 Å². The van der Waals surface area contributed by atoms with Gasteiger partial charge in [-0.2, -0.15) is 0 Å². The summed E-state index contributed by atoms with van der Waals surface area (Å²) < 4.78 is 0. The van der Waals surface area contributed by atoms with Crippen LogP contribution in [0, 0.1) is 23.7 Å². The Morgan fingerprint density at radius 3 is 2.33 bits per heavy atom. The number of carbonyl (C=O) groups is 1. The molecule has 1 nitrogen and oxygen atoms in total. The fourth-order valence-electron chi connectivity index (χ4n) is 3.51. The molecular weight excluding hydrogens is 184 g/mol. The molecule has 0 heterocycles. The average molecular weight is 208 g/mol. The molecule has 0 saturated heterocycles. The summed E-state index contributed by atoms with van der Waals surface area (Å²) >= 11 is 0. The second-order valence-electron chi connectivity index (χ2n) is 5.94. The predicted molar refractivity (Wildman–Crippen MR) is 62.6 cm³/mol. The van der Waals surface area contributed by atoms with Gasteiger partial charge >= 0.3 is 0 Å². The summed E-state index contributed by atoms with van der Waals surface area (Å²) in [5.74, 6) is 3.83. The zero-order chi connectivity index (χ0) is 10.8. The van der Waals surface area contributed by atoms with Crippen molar-refractivity contribution in [2.24, 2.45) is 23.7 Å². The average Bonchev–Trinajstić information content (AvgIpc) is 2.23. The van der Waals surface area contributed by atoms with Gasteiger partial charge in [-0.1, -0.05) is 26.7 Å². The zero-order valence-corrected chi connectivity index (χ0v) is 10.2. The van der Waals surface area contributed by atoms with Crippen molar-refractivity contribution < 1.29 is 4.79 Å². The Kier molecular flexibility index (Phi) is 3.48. The molecule has 2 atom stereocenters. The summed E-state index contributed by atoms with van der Waals surface area (Å²) in [4.78, 5) is 11.5. The van der Waals surface area contributed by atoms with Crippen LogP contribution in [0.25, 0.3) is 0 Å². The van der Waals surface area contributed by atoms with E-state index in [1.54, 1.807) is 0 Å². The molecule has 2 aliphatic carbocycles. The Morgan fingerprint density at radius 1 is 1.00 bits per heavy atom. The third kappa shape index (κ3) is 2.62. The lowest BCUT2D eigenvalue weighted by Gasteiger charge is -2.38. The Bertz CT molecular complexity index is 225. The van der Waals surface area contributed by atoms with Crippen molar-refractivity contribution in [1.82, 2.24) is 0 Å². The van der Waals surface area contributed by atoms with Gasteiger partial charge in [0, 0.05) is 12.8 Å². The molecule has 0 amide bonds. The van der Waals surface area contributed by atoms with E-state index in [2.05, 4.69) is 13.8 Å². The first kappa shape index (κ1) is 11.2. The SMILES string of the molecule is CC1CCC(C2CC(=O)CCC2C)CC1. The molecule has 15 heavy (non-hydrogen) atoms. The van der Waals surface area contributed by atoms with E-state index in [4.69, 9.17) is 0 Å². The van der Waals surface area contributed by atoms with Gasteiger partial charge in [-0.05, 0) is 42.9 Å². The molecule has 1 heteroatoms. The number of hydrogen-bond acceptors (Lipinski definition) is 1. The summed E-state index contributed by atoms with van der Waals surface area (Å²) in [7, 11) is 0. The molecule has 0 aromatic rings. The van der Waals surface area contributed by atoms with E-state index in [0.29, 0.717) is 5.78 Å². The van der Waals surface area contributed by atoms with Gasteiger partial charge in [-0.25, -0.2) is 0 Å². The van der Waals surface area contributed by atoms with E-state index >= 15 is 0 Å². The highest BCUT2D eigenvalue weighted by molar-refractivity contribution is 5.79. The topological polar surface area (TPSA) is 17.1 Å². The Balaban J connectivity index is 1.93. The van der Waals surface area contributed by atoms with Crippen molar-refractivity contribution >= 4 is 5.78 Å². The molecule has 2 fully saturated rings. The number of carbonyl (C=O) groups excluding carboxylic acids is 1. The van der Waals surface area contributed by atoms with E-state index in [1.165, 1.54) is 25.7 Å². The van der Waals surface area contributed by atoms with Gasteiger partial charge in [0.25, 0.3) is 0 Å². The molecule has 0 aromatic heterocycles. The molecule has 0 N–H and O–H groups in total. The molecule has 2 unspecified atom stereocenters. The van der Waals surface area contributed by atoms with Gasteiger partial charge in [-0.15, -0.1) is 0 Å². The van der Waals surface area contributed by atoms with Gasteiger partial charge in [-0.3, -0.25) is 4.79 Å². The molecule has 2 rings (SSSR count). The standard InChI is InChI=1S/C14H24O/c1-10-3-6-12(7-4-10)14-9-13(15)8-5-11(14)2/h10-12,14H,3-9H2,1-2H3. The van der Waals surface area contributed by atoms with Crippen LogP contribution >= 0.6 is 0 Å². The fraction of sp³-hybridized carbons (Fsp3) is 0.929. The molecule has 0 bridgehead atoms. The lowest BCUT2D eigenvalue weighted by Crippen LogP contribution is -2.31. The molecule has 0 radical (unpaired) electrons. The van der Waals surface area contributed by atoms with E-state index in [-0.39, 0.29) is 0 Å². The lowest BCUT2D eigenvalue weighted by molar-refractivity contribution is -0.123. The van der Waals surface area contributed by atoms with Crippen molar-refractivity contribution in [3.63, 3.8) is 0 Å².